The number of allylic oxidation sites excluding steroid dienone is 4. The van der Waals surface area contributed by atoms with Crippen molar-refractivity contribution in [2.24, 2.45) is 0 Å². The molecule has 4 heteroatoms. The van der Waals surface area contributed by atoms with Crippen molar-refractivity contribution in [3.05, 3.63) is 53.6 Å². The van der Waals surface area contributed by atoms with Crippen molar-refractivity contribution in [3.8, 4) is 0 Å². The zero-order valence-corrected chi connectivity index (χ0v) is 17.7. The Labute approximate surface area is 162 Å². The van der Waals surface area contributed by atoms with Crippen molar-refractivity contribution in [1.29, 1.82) is 0 Å². The van der Waals surface area contributed by atoms with Gasteiger partial charge in [-0.1, -0.05) is 0 Å². The summed E-state index contributed by atoms with van der Waals surface area (Å²) in [5, 5.41) is 1.43. The second kappa shape index (κ2) is 6.54. The fraction of sp³-hybridized carbons (Fsp3) is 0.368. The van der Waals surface area contributed by atoms with E-state index < -0.39 is 23.2 Å². The van der Waals surface area contributed by atoms with E-state index in [1.165, 1.54) is 23.7 Å². The van der Waals surface area contributed by atoms with Crippen molar-refractivity contribution >= 4 is 14.3 Å². The third-order valence-electron chi connectivity index (χ3n) is 4.84. The maximum atomic E-state index is 3.79. The Balaban J connectivity index is 0.000000960. The second-order valence-corrected chi connectivity index (χ2v) is 11.4. The number of hydrogen-bond donors (Lipinski definition) is 1. The Bertz CT molecular complexity index is 782. The van der Waals surface area contributed by atoms with Crippen molar-refractivity contribution in [1.82, 2.24) is 4.98 Å². The molecule has 1 heterocycles. The van der Waals surface area contributed by atoms with Crippen molar-refractivity contribution in [2.75, 3.05) is 0 Å². The van der Waals surface area contributed by atoms with Crippen LogP contribution in [0, 0.1) is 0 Å². The van der Waals surface area contributed by atoms with Gasteiger partial charge in [-0.15, -0.1) is 0 Å². The molecule has 0 radical (unpaired) electrons. The summed E-state index contributed by atoms with van der Waals surface area (Å²) in [6, 6.07) is 8.83. The molecule has 2 aliphatic rings. The molecule has 0 aliphatic heterocycles. The van der Waals surface area contributed by atoms with Gasteiger partial charge in [-0.05, 0) is 0 Å². The summed E-state index contributed by atoms with van der Waals surface area (Å²) in [4.78, 5) is 3.79. The summed E-state index contributed by atoms with van der Waals surface area (Å²) < 4.78 is 2.09. The number of aromatic nitrogens is 1. The summed E-state index contributed by atoms with van der Waals surface area (Å²) in [6.45, 7) is 7.06. The molecule has 0 amide bonds. The smallest absolute Gasteiger partial charge is 1.00 e. The summed E-state index contributed by atoms with van der Waals surface area (Å²) in [5.41, 5.74) is 4.81. The number of para-hydroxylation sites is 1. The normalized spacial score (nSPS) is 21.6. The largest absolute Gasteiger partial charge is 1.00 e. The Morgan fingerprint density at radius 3 is 2.48 bits per heavy atom. The number of benzene rings is 1. The van der Waals surface area contributed by atoms with Gasteiger partial charge in [0.15, 0.2) is 0 Å². The van der Waals surface area contributed by atoms with Crippen LogP contribution in [0.5, 0.6) is 0 Å². The van der Waals surface area contributed by atoms with Gasteiger partial charge in [0.05, 0.1) is 0 Å². The van der Waals surface area contributed by atoms with E-state index in [1.54, 1.807) is 14.5 Å². The second-order valence-electron chi connectivity index (χ2n) is 7.32. The van der Waals surface area contributed by atoms with Crippen LogP contribution in [0.25, 0.3) is 10.9 Å². The molecule has 1 aromatic carbocycles. The minimum atomic E-state index is -0.705. The Kier molecular flexibility index (Phi) is 5.42. The maximum Gasteiger partial charge on any atom is -1.00 e. The van der Waals surface area contributed by atoms with Crippen LogP contribution in [0.2, 0.25) is 3.12 Å². The molecule has 0 saturated heterocycles. The van der Waals surface area contributed by atoms with Gasteiger partial charge in [-0.25, -0.2) is 0 Å². The fourth-order valence-electron chi connectivity index (χ4n) is 3.71. The first-order valence-electron chi connectivity index (χ1n) is 7.78. The molecule has 23 heavy (non-hydrogen) atoms. The number of nitrogens with one attached hydrogen (secondary N) is 1. The first-order valence-corrected chi connectivity index (χ1v) is 10.2. The van der Waals surface area contributed by atoms with Gasteiger partial charge in [0, 0.05) is 0 Å². The van der Waals surface area contributed by atoms with Gasteiger partial charge in [0.25, 0.3) is 0 Å². The van der Waals surface area contributed by atoms with Crippen LogP contribution >= 0.6 is 0 Å². The number of H-pyrrole nitrogens is 1. The quantitative estimate of drug-likeness (QED) is 0.611. The number of hydrogen-bond acceptors (Lipinski definition) is 0. The Morgan fingerprint density at radius 2 is 1.87 bits per heavy atom. The van der Waals surface area contributed by atoms with E-state index in [-0.39, 0.29) is 30.2 Å². The van der Waals surface area contributed by atoms with Gasteiger partial charge in [0.1, 0.15) is 0 Å². The van der Waals surface area contributed by atoms with Crippen LogP contribution in [-0.2, 0) is 28.6 Å². The molecule has 1 nitrogen and oxygen atoms in total. The van der Waals surface area contributed by atoms with E-state index in [0.717, 1.165) is 0 Å². The summed E-state index contributed by atoms with van der Waals surface area (Å²) in [6.07, 6.45) is 9.85. The first kappa shape index (κ1) is 19.0. The van der Waals surface area contributed by atoms with Crippen LogP contribution in [0.15, 0.2) is 48.1 Å². The predicted octanol–water partition coefficient (Wildman–Crippen LogP) is -1.37. The molecule has 4 rings (SSSR count). The summed E-state index contributed by atoms with van der Waals surface area (Å²) >= 11 is -0.705. The molecule has 1 fully saturated rings. The minimum absolute atomic E-state index is 0. The van der Waals surface area contributed by atoms with Crippen LogP contribution < -0.4 is 28.2 Å². The molecule has 1 saturated carbocycles. The summed E-state index contributed by atoms with van der Waals surface area (Å²) in [5.74, 6) is 0. The molecule has 1 atom stereocenters. The average Bonchev–Trinajstić information content (AvgIpc) is 2.90. The van der Waals surface area contributed by atoms with Crippen LogP contribution in [0.4, 0.5) is 0 Å². The van der Waals surface area contributed by atoms with E-state index >= 15 is 0 Å². The molecule has 1 aromatic heterocycles. The van der Waals surface area contributed by atoms with E-state index in [1.807, 2.05) is 0 Å². The van der Waals surface area contributed by atoms with Gasteiger partial charge >= 0.3 is 138 Å². The first-order chi connectivity index (χ1) is 10.00. The predicted molar refractivity (Wildman–Crippen MR) is 85.8 cm³/mol. The topological polar surface area (TPSA) is 15.8 Å². The molecule has 1 N–H and O–H groups in total. The van der Waals surface area contributed by atoms with Crippen molar-refractivity contribution in [3.63, 3.8) is 0 Å². The van der Waals surface area contributed by atoms with Gasteiger partial charge < -0.3 is 24.8 Å². The number of fused-ring (bicyclic) bond motifs is 2. The SMILES string of the molecule is CC(C)(C)c1[c]([Zr+2][C]23C=CC=C2CC3)[nH]c2ccccc12.[Cl-].[Cl-]. The zero-order valence-electron chi connectivity index (χ0n) is 13.7. The van der Waals surface area contributed by atoms with E-state index in [0.29, 0.717) is 3.12 Å². The van der Waals surface area contributed by atoms with E-state index in [9.17, 15) is 0 Å². The minimum Gasteiger partial charge on any atom is -1.00 e. The molecular formula is C19H21Cl2NZr. The van der Waals surface area contributed by atoms with E-state index in [4.69, 9.17) is 0 Å². The molecule has 120 valence electrons. The van der Waals surface area contributed by atoms with Gasteiger partial charge in [-0.3, -0.25) is 0 Å². The molecule has 0 bridgehead atoms. The van der Waals surface area contributed by atoms with Gasteiger partial charge in [-0.2, -0.15) is 0 Å². The van der Waals surface area contributed by atoms with Crippen molar-refractivity contribution in [2.45, 2.75) is 42.2 Å². The molecule has 1 unspecified atom stereocenters. The molecule has 2 aliphatic carbocycles. The van der Waals surface area contributed by atoms with Crippen LogP contribution in [0.3, 0.4) is 0 Å². The third-order valence-corrected chi connectivity index (χ3v) is 9.29. The third kappa shape index (κ3) is 3.03. The maximum absolute atomic E-state index is 3.79. The van der Waals surface area contributed by atoms with Crippen molar-refractivity contribution < 1.29 is 48.0 Å². The zero-order chi connectivity index (χ0) is 14.7. The Hall–Kier alpha value is -0.297. The monoisotopic (exact) mass is 423 g/mol. The average molecular weight is 426 g/mol. The number of aromatic amines is 1. The molecule has 2 aromatic rings. The van der Waals surface area contributed by atoms with Gasteiger partial charge in [0.2, 0.25) is 0 Å². The number of rotatable bonds is 2. The molecular weight excluding hydrogens is 404 g/mol. The Morgan fingerprint density at radius 1 is 1.13 bits per heavy atom. The molecule has 0 spiro atoms. The van der Waals surface area contributed by atoms with E-state index in [2.05, 4.69) is 68.2 Å². The fourth-order valence-corrected chi connectivity index (χ4v) is 8.82. The number of halogens is 2. The summed E-state index contributed by atoms with van der Waals surface area (Å²) in [7, 11) is 0. The van der Waals surface area contributed by atoms with Crippen LogP contribution in [-0.4, -0.2) is 4.98 Å². The standard InChI is InChI=1S/C12H14N.C7H7.2ClH.Zr/c1-12(2,3)10-8-13-11-7-5-4-6-9(10)11;1-2-6-4-5-7(6)3-1;;;/h4-7,13H,1-3H3;1-3H,4-5H2;2*1H;/q;;;;+2/p-2. The van der Waals surface area contributed by atoms with Crippen LogP contribution in [0.1, 0.15) is 39.2 Å².